The van der Waals surface area contributed by atoms with Crippen LogP contribution >= 0.6 is 7.82 Å². The zero-order valence-corrected chi connectivity index (χ0v) is 32.5. The Balaban J connectivity index is 4.27. The van der Waals surface area contributed by atoms with Crippen molar-refractivity contribution in [3.8, 4) is 0 Å². The average Bonchev–Trinajstić information content (AvgIpc) is 3.10. The number of phosphoric ester groups is 1. The molecule has 3 N–H and O–H groups in total. The second-order valence-corrected chi connectivity index (χ2v) is 14.2. The number of hydrogen-bond donors (Lipinski definition) is 2. The lowest BCUT2D eigenvalue weighted by atomic mass is 10.1. The smallest absolute Gasteiger partial charge is 0.462 e. The number of hydrogen-bond acceptors (Lipinski definition) is 8. The van der Waals surface area contributed by atoms with Gasteiger partial charge in [0.25, 0.3) is 0 Å². The standard InChI is InChI=1S/C40H72NO8P/c1-3-5-7-9-11-13-15-17-19-21-23-25-27-29-31-33-40(43)49-38(37-48-50(44,45)47-35-34-41)36-46-39(42)32-30-28-26-24-22-20-18-16-14-12-10-8-6-4-2/h10-13,16-19,38H,3-9,14-15,20-37,41H2,1-2H3,(H,44,45)/b12-10-,13-11-,18-16-,19-17-/t38-/m1/s1. The lowest BCUT2D eigenvalue weighted by molar-refractivity contribution is -0.161. The first-order valence-electron chi connectivity index (χ1n) is 19.6. The van der Waals surface area contributed by atoms with Crippen LogP contribution in [0.1, 0.15) is 162 Å². The molecule has 0 saturated carbocycles. The number of esters is 2. The molecule has 10 heteroatoms. The topological polar surface area (TPSA) is 134 Å². The van der Waals surface area contributed by atoms with Crippen molar-refractivity contribution in [2.45, 2.75) is 168 Å². The molecule has 0 aromatic heterocycles. The summed E-state index contributed by atoms with van der Waals surface area (Å²) >= 11 is 0. The van der Waals surface area contributed by atoms with Crippen LogP contribution in [0.4, 0.5) is 0 Å². The van der Waals surface area contributed by atoms with Gasteiger partial charge in [-0.1, -0.05) is 127 Å². The number of carbonyl (C=O) groups excluding carboxylic acids is 2. The molecule has 290 valence electrons. The lowest BCUT2D eigenvalue weighted by Gasteiger charge is -2.19. The van der Waals surface area contributed by atoms with E-state index < -0.39 is 32.5 Å². The van der Waals surface area contributed by atoms with Crippen LogP contribution in [-0.2, 0) is 32.7 Å². The van der Waals surface area contributed by atoms with Crippen LogP contribution in [0.15, 0.2) is 48.6 Å². The van der Waals surface area contributed by atoms with Gasteiger partial charge >= 0.3 is 19.8 Å². The van der Waals surface area contributed by atoms with Gasteiger partial charge in [-0.15, -0.1) is 0 Å². The van der Waals surface area contributed by atoms with E-state index in [9.17, 15) is 19.0 Å². The van der Waals surface area contributed by atoms with E-state index >= 15 is 0 Å². The molecule has 0 spiro atoms. The Kier molecular flexibility index (Phi) is 35.3. The maximum Gasteiger partial charge on any atom is 0.472 e. The van der Waals surface area contributed by atoms with E-state index in [1.807, 2.05) is 0 Å². The highest BCUT2D eigenvalue weighted by molar-refractivity contribution is 7.47. The lowest BCUT2D eigenvalue weighted by Crippen LogP contribution is -2.29. The summed E-state index contributed by atoms with van der Waals surface area (Å²) in [4.78, 5) is 34.7. The van der Waals surface area contributed by atoms with Crippen molar-refractivity contribution in [3.63, 3.8) is 0 Å². The molecule has 0 bridgehead atoms. The molecule has 0 aliphatic heterocycles. The van der Waals surface area contributed by atoms with Crippen molar-refractivity contribution >= 4 is 19.8 Å². The van der Waals surface area contributed by atoms with Crippen molar-refractivity contribution in [2.75, 3.05) is 26.4 Å². The van der Waals surface area contributed by atoms with Crippen LogP contribution in [0, 0.1) is 0 Å². The van der Waals surface area contributed by atoms with Crippen molar-refractivity contribution in [2.24, 2.45) is 5.73 Å². The SMILES string of the molecule is CCCC/C=C\C/C=C\CCCCCCCC(=O)OC[C@H](COP(=O)(O)OCCN)OC(=O)CCCCCCC/C=C\C/C=C\CCCCC. The third-order valence-electron chi connectivity index (χ3n) is 7.94. The van der Waals surface area contributed by atoms with Crippen LogP contribution in [0.5, 0.6) is 0 Å². The zero-order valence-electron chi connectivity index (χ0n) is 31.6. The van der Waals surface area contributed by atoms with Crippen molar-refractivity contribution in [3.05, 3.63) is 48.6 Å². The Morgan fingerprint density at radius 1 is 0.600 bits per heavy atom. The van der Waals surface area contributed by atoms with E-state index in [0.29, 0.717) is 12.8 Å². The molecule has 0 aromatic carbocycles. The predicted octanol–water partition coefficient (Wildman–Crippen LogP) is 10.8. The third kappa shape index (κ3) is 35.8. The molecule has 0 fully saturated rings. The number of nitrogens with two attached hydrogens (primary N) is 1. The van der Waals surface area contributed by atoms with E-state index in [0.717, 1.165) is 83.5 Å². The summed E-state index contributed by atoms with van der Waals surface area (Å²) < 4.78 is 32.6. The Morgan fingerprint density at radius 2 is 1.06 bits per heavy atom. The Hall–Kier alpha value is -2.03. The minimum Gasteiger partial charge on any atom is -0.462 e. The van der Waals surface area contributed by atoms with Gasteiger partial charge in [0.1, 0.15) is 6.61 Å². The second kappa shape index (κ2) is 36.8. The summed E-state index contributed by atoms with van der Waals surface area (Å²) in [5.74, 6) is -0.865. The van der Waals surface area contributed by atoms with E-state index in [1.165, 1.54) is 38.5 Å². The molecule has 0 amide bonds. The van der Waals surface area contributed by atoms with Gasteiger partial charge < -0.3 is 20.1 Å². The summed E-state index contributed by atoms with van der Waals surface area (Å²) in [7, 11) is -4.38. The first-order chi connectivity index (χ1) is 24.3. The number of carbonyl (C=O) groups is 2. The third-order valence-corrected chi connectivity index (χ3v) is 8.92. The van der Waals surface area contributed by atoms with Crippen LogP contribution in [0.25, 0.3) is 0 Å². The number of ether oxygens (including phenoxy) is 2. The van der Waals surface area contributed by atoms with E-state index in [4.69, 9.17) is 24.3 Å². The van der Waals surface area contributed by atoms with Crippen LogP contribution in [-0.4, -0.2) is 49.3 Å². The molecule has 0 radical (unpaired) electrons. The van der Waals surface area contributed by atoms with Gasteiger partial charge in [-0.3, -0.25) is 18.6 Å². The summed E-state index contributed by atoms with van der Waals surface area (Å²) in [6.07, 6.45) is 39.9. The zero-order chi connectivity index (χ0) is 36.8. The average molecular weight is 726 g/mol. The molecular weight excluding hydrogens is 653 g/mol. The highest BCUT2D eigenvalue weighted by atomic mass is 31.2. The first kappa shape index (κ1) is 48.0. The molecule has 50 heavy (non-hydrogen) atoms. The molecule has 0 aliphatic carbocycles. The van der Waals surface area contributed by atoms with Gasteiger partial charge in [-0.25, -0.2) is 4.57 Å². The molecule has 0 aromatic rings. The van der Waals surface area contributed by atoms with E-state index in [2.05, 4.69) is 62.5 Å². The van der Waals surface area contributed by atoms with Crippen molar-refractivity contribution in [1.29, 1.82) is 0 Å². The molecule has 0 aliphatic rings. The Bertz CT molecular complexity index is 965. The summed E-state index contributed by atoms with van der Waals surface area (Å²) in [6, 6.07) is 0. The number of unbranched alkanes of at least 4 members (excludes halogenated alkanes) is 15. The fourth-order valence-electron chi connectivity index (χ4n) is 4.97. The largest absolute Gasteiger partial charge is 0.472 e. The van der Waals surface area contributed by atoms with Crippen molar-refractivity contribution < 1.29 is 37.6 Å². The summed E-state index contributed by atoms with van der Waals surface area (Å²) in [5, 5.41) is 0. The van der Waals surface area contributed by atoms with Crippen LogP contribution in [0.2, 0.25) is 0 Å². The molecular formula is C40H72NO8P. The summed E-state index contributed by atoms with van der Waals surface area (Å²) in [5.41, 5.74) is 5.33. The van der Waals surface area contributed by atoms with Crippen LogP contribution in [0.3, 0.4) is 0 Å². The van der Waals surface area contributed by atoms with Gasteiger partial charge in [0.2, 0.25) is 0 Å². The molecule has 0 rings (SSSR count). The van der Waals surface area contributed by atoms with Gasteiger partial charge in [-0.05, 0) is 70.6 Å². The second-order valence-electron chi connectivity index (χ2n) is 12.8. The molecule has 9 nitrogen and oxygen atoms in total. The van der Waals surface area contributed by atoms with Crippen molar-refractivity contribution in [1.82, 2.24) is 0 Å². The normalized spacial score (nSPS) is 13.9. The first-order valence-corrected chi connectivity index (χ1v) is 21.1. The van der Waals surface area contributed by atoms with E-state index in [-0.39, 0.29) is 32.6 Å². The monoisotopic (exact) mass is 725 g/mol. The minimum atomic E-state index is -4.38. The predicted molar refractivity (Wildman–Crippen MR) is 206 cm³/mol. The number of phosphoric acid groups is 1. The number of rotatable bonds is 36. The summed E-state index contributed by atoms with van der Waals surface area (Å²) in [6.45, 7) is 3.61. The highest BCUT2D eigenvalue weighted by Crippen LogP contribution is 2.43. The van der Waals surface area contributed by atoms with Gasteiger partial charge in [0.15, 0.2) is 6.10 Å². The Morgan fingerprint density at radius 3 is 1.58 bits per heavy atom. The molecule has 2 atom stereocenters. The minimum absolute atomic E-state index is 0.0472. The van der Waals surface area contributed by atoms with Crippen LogP contribution < -0.4 is 5.73 Å². The molecule has 1 unspecified atom stereocenters. The maximum atomic E-state index is 12.5. The fourth-order valence-corrected chi connectivity index (χ4v) is 5.74. The fraction of sp³-hybridized carbons (Fsp3) is 0.750. The highest BCUT2D eigenvalue weighted by Gasteiger charge is 2.25. The Labute approximate surface area is 305 Å². The quantitative estimate of drug-likeness (QED) is 0.0280. The maximum absolute atomic E-state index is 12.5. The molecule has 0 saturated heterocycles. The van der Waals surface area contributed by atoms with E-state index in [1.54, 1.807) is 0 Å². The van der Waals surface area contributed by atoms with Gasteiger partial charge in [-0.2, -0.15) is 0 Å². The van der Waals surface area contributed by atoms with Gasteiger partial charge in [0.05, 0.1) is 13.2 Å². The van der Waals surface area contributed by atoms with Gasteiger partial charge in [0, 0.05) is 19.4 Å². The molecule has 0 heterocycles. The number of allylic oxidation sites excluding steroid dienone is 8.